The van der Waals surface area contributed by atoms with Crippen LogP contribution >= 0.6 is 11.6 Å². The smallest absolute Gasteiger partial charge is 0.278 e. The quantitative estimate of drug-likeness (QED) is 0.479. The van der Waals surface area contributed by atoms with Crippen molar-refractivity contribution < 1.29 is 15.1 Å². The topological polar surface area (TPSA) is 83.6 Å². The number of benzene rings is 1. The van der Waals surface area contributed by atoms with Crippen LogP contribution < -0.4 is 0 Å². The van der Waals surface area contributed by atoms with Crippen molar-refractivity contribution in [2.24, 2.45) is 0 Å². The van der Waals surface area contributed by atoms with E-state index in [1.54, 1.807) is 19.1 Å². The minimum Gasteiger partial charge on any atom is -0.389 e. The van der Waals surface area contributed by atoms with Gasteiger partial charge in [-0.05, 0) is 13.0 Å². The molecular formula is C10H12ClNO4. The molecule has 88 valence electrons. The summed E-state index contributed by atoms with van der Waals surface area (Å²) >= 11 is 5.39. The molecular weight excluding hydrogens is 234 g/mol. The maximum Gasteiger partial charge on any atom is 0.278 e. The third-order valence-corrected chi connectivity index (χ3v) is 2.61. The van der Waals surface area contributed by atoms with Gasteiger partial charge in [-0.15, -0.1) is 11.6 Å². The molecule has 0 spiro atoms. The third kappa shape index (κ3) is 2.49. The van der Waals surface area contributed by atoms with Gasteiger partial charge in [0.2, 0.25) is 0 Å². The number of aliphatic hydroxyl groups excluding tert-OH is 2. The van der Waals surface area contributed by atoms with Gasteiger partial charge in [0.15, 0.2) is 0 Å². The van der Waals surface area contributed by atoms with Crippen molar-refractivity contribution in [1.29, 1.82) is 0 Å². The highest BCUT2D eigenvalue weighted by molar-refractivity contribution is 6.18. The first-order chi connectivity index (χ1) is 7.49. The van der Waals surface area contributed by atoms with E-state index in [0.717, 1.165) is 0 Å². The van der Waals surface area contributed by atoms with Gasteiger partial charge in [-0.3, -0.25) is 10.1 Å². The van der Waals surface area contributed by atoms with Crippen LogP contribution in [0.4, 0.5) is 5.69 Å². The molecule has 0 aliphatic rings. The Morgan fingerprint density at radius 1 is 1.50 bits per heavy atom. The second kappa shape index (κ2) is 5.25. The molecule has 2 unspecified atom stereocenters. The zero-order chi connectivity index (χ0) is 12.3. The Morgan fingerprint density at radius 2 is 2.12 bits per heavy atom. The van der Waals surface area contributed by atoms with Gasteiger partial charge in [0.05, 0.1) is 22.5 Å². The first-order valence-electron chi connectivity index (χ1n) is 4.65. The Labute approximate surface area is 97.4 Å². The molecule has 0 fully saturated rings. The van der Waals surface area contributed by atoms with Crippen molar-refractivity contribution >= 4 is 17.3 Å². The van der Waals surface area contributed by atoms with Crippen LogP contribution in [0.25, 0.3) is 0 Å². The predicted octanol–water partition coefficient (Wildman–Crippen LogP) is 1.54. The third-order valence-electron chi connectivity index (χ3n) is 2.29. The molecule has 1 aromatic rings. The zero-order valence-corrected chi connectivity index (χ0v) is 9.39. The van der Waals surface area contributed by atoms with Crippen molar-refractivity contribution in [1.82, 2.24) is 0 Å². The van der Waals surface area contributed by atoms with E-state index in [2.05, 4.69) is 0 Å². The largest absolute Gasteiger partial charge is 0.389 e. The van der Waals surface area contributed by atoms with Crippen LogP contribution in [0, 0.1) is 17.0 Å². The van der Waals surface area contributed by atoms with Crippen LogP contribution in [0.3, 0.4) is 0 Å². The number of halogens is 1. The lowest BCUT2D eigenvalue weighted by atomic mass is 10.0. The highest BCUT2D eigenvalue weighted by Crippen LogP contribution is 2.30. The van der Waals surface area contributed by atoms with Gasteiger partial charge in [0.1, 0.15) is 6.10 Å². The summed E-state index contributed by atoms with van der Waals surface area (Å²) < 4.78 is 0. The summed E-state index contributed by atoms with van der Waals surface area (Å²) in [7, 11) is 0. The molecule has 0 bridgehead atoms. The molecule has 1 rings (SSSR count). The van der Waals surface area contributed by atoms with E-state index >= 15 is 0 Å². The van der Waals surface area contributed by atoms with Crippen LogP contribution in [0.15, 0.2) is 18.2 Å². The molecule has 0 amide bonds. The number of nitrogens with zero attached hydrogens (tertiary/aromatic N) is 1. The van der Waals surface area contributed by atoms with E-state index in [0.29, 0.717) is 5.56 Å². The van der Waals surface area contributed by atoms with Crippen LogP contribution in [-0.4, -0.2) is 27.1 Å². The summed E-state index contributed by atoms with van der Waals surface area (Å²) in [6, 6.07) is 4.56. The molecule has 0 aliphatic carbocycles. The van der Waals surface area contributed by atoms with Crippen molar-refractivity contribution in [3.05, 3.63) is 39.4 Å². The van der Waals surface area contributed by atoms with Gasteiger partial charge in [0, 0.05) is 5.56 Å². The van der Waals surface area contributed by atoms with Crippen LogP contribution in [0.5, 0.6) is 0 Å². The maximum atomic E-state index is 10.8. The summed E-state index contributed by atoms with van der Waals surface area (Å²) in [5.41, 5.74) is 0.334. The average Bonchev–Trinajstić information content (AvgIpc) is 2.26. The average molecular weight is 246 g/mol. The molecule has 2 N–H and O–H groups in total. The Hall–Kier alpha value is -1.17. The molecule has 1 aromatic carbocycles. The molecule has 0 saturated carbocycles. The number of nitro groups is 1. The van der Waals surface area contributed by atoms with Crippen molar-refractivity contribution in [3.63, 3.8) is 0 Å². The highest BCUT2D eigenvalue weighted by atomic mass is 35.5. The normalized spacial score (nSPS) is 14.5. The van der Waals surface area contributed by atoms with Crippen LogP contribution in [-0.2, 0) is 0 Å². The standard InChI is InChI=1S/C10H12ClNO4/c1-6-3-2-4-7(9(6)12(15)16)10(14)8(13)5-11/h2-4,8,10,13-14H,5H2,1H3. The summed E-state index contributed by atoms with van der Waals surface area (Å²) in [6.45, 7) is 1.57. The molecule has 16 heavy (non-hydrogen) atoms. The van der Waals surface area contributed by atoms with Gasteiger partial charge in [0.25, 0.3) is 5.69 Å². The Balaban J connectivity index is 3.22. The predicted molar refractivity (Wildman–Crippen MR) is 59.5 cm³/mol. The molecule has 2 atom stereocenters. The van der Waals surface area contributed by atoms with Gasteiger partial charge >= 0.3 is 0 Å². The number of hydrogen-bond donors (Lipinski definition) is 2. The van der Waals surface area contributed by atoms with E-state index in [4.69, 9.17) is 11.6 Å². The Bertz CT molecular complexity index is 396. The zero-order valence-electron chi connectivity index (χ0n) is 8.63. The van der Waals surface area contributed by atoms with Gasteiger partial charge in [-0.25, -0.2) is 0 Å². The summed E-state index contributed by atoms with van der Waals surface area (Å²) in [5, 5.41) is 29.9. The van der Waals surface area contributed by atoms with Crippen molar-refractivity contribution in [3.8, 4) is 0 Å². The number of aryl methyl sites for hydroxylation is 1. The molecule has 5 nitrogen and oxygen atoms in total. The molecule has 0 aromatic heterocycles. The first-order valence-corrected chi connectivity index (χ1v) is 5.18. The second-order valence-electron chi connectivity index (χ2n) is 3.44. The SMILES string of the molecule is Cc1cccc(C(O)C(O)CCl)c1[N+](=O)[O-]. The highest BCUT2D eigenvalue weighted by Gasteiger charge is 2.26. The second-order valence-corrected chi connectivity index (χ2v) is 3.74. The fraction of sp³-hybridized carbons (Fsp3) is 0.400. The lowest BCUT2D eigenvalue weighted by Gasteiger charge is -2.16. The molecule has 0 saturated heterocycles. The number of hydrogen-bond acceptors (Lipinski definition) is 4. The Kier molecular flexibility index (Phi) is 4.23. The number of alkyl halides is 1. The Morgan fingerprint density at radius 3 is 2.62 bits per heavy atom. The minimum atomic E-state index is -1.35. The molecule has 0 radical (unpaired) electrons. The van der Waals surface area contributed by atoms with E-state index < -0.39 is 17.1 Å². The number of nitro benzene ring substituents is 1. The number of para-hydroxylation sites is 1. The molecule has 0 heterocycles. The lowest BCUT2D eigenvalue weighted by Crippen LogP contribution is -2.20. The lowest BCUT2D eigenvalue weighted by molar-refractivity contribution is -0.386. The van der Waals surface area contributed by atoms with Gasteiger partial charge in [-0.1, -0.05) is 12.1 Å². The van der Waals surface area contributed by atoms with Gasteiger partial charge < -0.3 is 10.2 Å². The number of rotatable bonds is 4. The summed E-state index contributed by atoms with van der Waals surface area (Å²) in [5.74, 6) is -0.188. The fourth-order valence-corrected chi connectivity index (χ4v) is 1.63. The van der Waals surface area contributed by atoms with Crippen LogP contribution in [0.2, 0.25) is 0 Å². The first kappa shape index (κ1) is 12.9. The van der Waals surface area contributed by atoms with E-state index in [1.807, 2.05) is 0 Å². The summed E-state index contributed by atoms with van der Waals surface area (Å²) in [6.07, 6.45) is -2.57. The van der Waals surface area contributed by atoms with Gasteiger partial charge in [-0.2, -0.15) is 0 Å². The number of aliphatic hydroxyl groups is 2. The van der Waals surface area contributed by atoms with Crippen molar-refractivity contribution in [2.75, 3.05) is 5.88 Å². The van der Waals surface area contributed by atoms with E-state index in [-0.39, 0.29) is 17.1 Å². The molecule has 6 heteroatoms. The summed E-state index contributed by atoms with van der Waals surface area (Å²) in [4.78, 5) is 10.3. The van der Waals surface area contributed by atoms with E-state index in [1.165, 1.54) is 6.07 Å². The molecule has 0 aliphatic heterocycles. The maximum absolute atomic E-state index is 10.8. The van der Waals surface area contributed by atoms with Crippen LogP contribution in [0.1, 0.15) is 17.2 Å². The van der Waals surface area contributed by atoms with E-state index in [9.17, 15) is 20.3 Å². The van der Waals surface area contributed by atoms with Crippen molar-refractivity contribution in [2.45, 2.75) is 19.1 Å². The minimum absolute atomic E-state index is 0.0816. The fourth-order valence-electron chi connectivity index (χ4n) is 1.46. The monoisotopic (exact) mass is 245 g/mol.